The minimum Gasteiger partial charge on any atom is -0.391 e. The van der Waals surface area contributed by atoms with Gasteiger partial charge >= 0.3 is 0 Å². The van der Waals surface area contributed by atoms with Crippen molar-refractivity contribution >= 4 is 17.2 Å². The number of nitrogens with zero attached hydrogens (tertiary/aromatic N) is 2. The molecule has 0 spiro atoms. The normalized spacial score (nSPS) is 37.9. The summed E-state index contributed by atoms with van der Waals surface area (Å²) >= 11 is 1.64. The number of aliphatic hydroxyl groups is 1. The summed E-state index contributed by atoms with van der Waals surface area (Å²) in [5, 5.41) is 17.1. The van der Waals surface area contributed by atoms with E-state index in [1.54, 1.807) is 11.3 Å². The number of carbonyl (C=O) groups excluding carboxylic acids is 1. The molecule has 3 fully saturated rings. The van der Waals surface area contributed by atoms with Crippen molar-refractivity contribution in [1.82, 2.24) is 15.2 Å². The van der Waals surface area contributed by atoms with E-state index in [0.29, 0.717) is 13.2 Å². The highest BCUT2D eigenvalue weighted by molar-refractivity contribution is 7.09. The second-order valence-electron chi connectivity index (χ2n) is 8.30. The van der Waals surface area contributed by atoms with E-state index in [4.69, 9.17) is 10.5 Å². The van der Waals surface area contributed by atoms with E-state index in [1.807, 2.05) is 18.5 Å². The molecule has 1 aromatic rings. The van der Waals surface area contributed by atoms with E-state index in [9.17, 15) is 9.90 Å². The third-order valence-electron chi connectivity index (χ3n) is 6.67. The maximum Gasteiger partial charge on any atom is 0.224 e. The predicted molar refractivity (Wildman–Crippen MR) is 103 cm³/mol. The fourth-order valence-corrected chi connectivity index (χ4v) is 5.79. The number of nitrogens with two attached hydrogens (primary N) is 1. The average molecular weight is 395 g/mol. The molecule has 2 saturated heterocycles. The van der Waals surface area contributed by atoms with Gasteiger partial charge in [0.25, 0.3) is 0 Å². The van der Waals surface area contributed by atoms with Gasteiger partial charge in [0.1, 0.15) is 5.01 Å². The van der Waals surface area contributed by atoms with Gasteiger partial charge in [0.2, 0.25) is 5.91 Å². The molecule has 4 N–H and O–H groups in total. The van der Waals surface area contributed by atoms with Crippen LogP contribution in [0.25, 0.3) is 0 Å². The van der Waals surface area contributed by atoms with Gasteiger partial charge in [0.15, 0.2) is 0 Å². The van der Waals surface area contributed by atoms with Crippen molar-refractivity contribution in [2.45, 2.75) is 44.5 Å². The summed E-state index contributed by atoms with van der Waals surface area (Å²) in [7, 11) is 0. The fourth-order valence-electron chi connectivity index (χ4n) is 5.13. The third kappa shape index (κ3) is 3.91. The number of hydrogen-bond acceptors (Lipinski definition) is 7. The van der Waals surface area contributed by atoms with E-state index in [2.05, 4.69) is 15.2 Å². The van der Waals surface area contributed by atoms with Crippen LogP contribution in [0.5, 0.6) is 0 Å². The molecule has 4 rings (SSSR count). The minimum atomic E-state index is -0.557. The molecule has 6 atom stereocenters. The van der Waals surface area contributed by atoms with E-state index >= 15 is 0 Å². The van der Waals surface area contributed by atoms with Crippen LogP contribution in [0.15, 0.2) is 11.6 Å². The Balaban J connectivity index is 1.48. The molecular formula is C19H30N4O3S. The molecule has 3 aliphatic rings. The van der Waals surface area contributed by atoms with Gasteiger partial charge in [0.05, 0.1) is 12.6 Å². The Morgan fingerprint density at radius 2 is 2.15 bits per heavy atom. The van der Waals surface area contributed by atoms with Crippen LogP contribution in [-0.4, -0.2) is 65.4 Å². The maximum atomic E-state index is 13.2. The summed E-state index contributed by atoms with van der Waals surface area (Å²) in [5.41, 5.74) is 6.34. The van der Waals surface area contributed by atoms with E-state index in [0.717, 1.165) is 37.5 Å². The van der Waals surface area contributed by atoms with E-state index in [1.165, 1.54) is 0 Å². The number of carbonyl (C=O) groups is 1. The standard InChI is InChI=1S/C19H30N4O3S/c1-11-16(19(25)22-12-2-5-26-6-3-12)13-8-23(10-15-21-4-7-27-15)9-14(13)18(24)17(11)20/h4,7,11-14,16-18,24H,2-3,5-6,8-10,20H2,1H3,(H,22,25)/t11-,13+,14+,16+,17+,18+/m1/s1. The van der Waals surface area contributed by atoms with Crippen molar-refractivity contribution < 1.29 is 14.6 Å². The number of hydrogen-bond donors (Lipinski definition) is 3. The molecule has 3 heterocycles. The molecule has 0 radical (unpaired) electrons. The van der Waals surface area contributed by atoms with Crippen LogP contribution in [0.4, 0.5) is 0 Å². The smallest absolute Gasteiger partial charge is 0.224 e. The Bertz CT molecular complexity index is 637. The summed E-state index contributed by atoms with van der Waals surface area (Å²) in [6, 6.07) is -0.177. The van der Waals surface area contributed by atoms with Gasteiger partial charge in [-0.3, -0.25) is 9.69 Å². The predicted octanol–water partition coefficient (Wildman–Crippen LogP) is 0.440. The van der Waals surface area contributed by atoms with Crippen LogP contribution in [0.3, 0.4) is 0 Å². The Hall–Kier alpha value is -1.06. The average Bonchev–Trinajstić information content (AvgIpc) is 3.31. The molecule has 2 aliphatic heterocycles. The number of thiazole rings is 1. The Labute approximate surface area is 164 Å². The van der Waals surface area contributed by atoms with Gasteiger partial charge < -0.3 is 20.9 Å². The van der Waals surface area contributed by atoms with E-state index < -0.39 is 6.10 Å². The van der Waals surface area contributed by atoms with Gasteiger partial charge in [-0.1, -0.05) is 6.92 Å². The molecule has 150 valence electrons. The van der Waals surface area contributed by atoms with Crippen LogP contribution >= 0.6 is 11.3 Å². The number of aromatic nitrogens is 1. The molecular weight excluding hydrogens is 364 g/mol. The molecule has 0 aromatic carbocycles. The first-order valence-electron chi connectivity index (χ1n) is 9.97. The third-order valence-corrected chi connectivity index (χ3v) is 7.43. The van der Waals surface area contributed by atoms with Gasteiger partial charge in [-0.2, -0.15) is 0 Å². The molecule has 7 nitrogen and oxygen atoms in total. The van der Waals surface area contributed by atoms with Crippen molar-refractivity contribution in [2.75, 3.05) is 26.3 Å². The first-order valence-corrected chi connectivity index (χ1v) is 10.8. The topological polar surface area (TPSA) is 101 Å². The van der Waals surface area contributed by atoms with Crippen LogP contribution in [0.2, 0.25) is 0 Å². The molecule has 27 heavy (non-hydrogen) atoms. The minimum absolute atomic E-state index is 0.0408. The SMILES string of the molecule is C[C@H]1[C@H](N)[C@@H](O)[C@H]2CN(Cc3nccs3)C[C@@H]2[C@H]1C(=O)NC1CCOCC1. The van der Waals surface area contributed by atoms with Crippen molar-refractivity contribution in [3.63, 3.8) is 0 Å². The monoisotopic (exact) mass is 394 g/mol. The van der Waals surface area contributed by atoms with Crippen molar-refractivity contribution in [3.8, 4) is 0 Å². The Morgan fingerprint density at radius 3 is 2.85 bits per heavy atom. The van der Waals surface area contributed by atoms with Gasteiger partial charge in [-0.05, 0) is 24.7 Å². The molecule has 1 aliphatic carbocycles. The summed E-state index contributed by atoms with van der Waals surface area (Å²) in [4.78, 5) is 19.9. The number of rotatable bonds is 4. The Kier molecular flexibility index (Phi) is 5.80. The maximum absolute atomic E-state index is 13.2. The number of ether oxygens (including phenoxy) is 1. The second kappa shape index (κ2) is 8.13. The number of fused-ring (bicyclic) bond motifs is 1. The molecule has 8 heteroatoms. The summed E-state index contributed by atoms with van der Waals surface area (Å²) in [6.45, 7) is 5.78. The van der Waals surface area contributed by atoms with Crippen LogP contribution < -0.4 is 11.1 Å². The van der Waals surface area contributed by atoms with Crippen LogP contribution in [-0.2, 0) is 16.1 Å². The van der Waals surface area contributed by atoms with Gasteiger partial charge in [0, 0.05) is 61.8 Å². The fraction of sp³-hybridized carbons (Fsp3) is 0.789. The lowest BCUT2D eigenvalue weighted by molar-refractivity contribution is -0.135. The molecule has 0 unspecified atom stereocenters. The van der Waals surface area contributed by atoms with Crippen molar-refractivity contribution in [3.05, 3.63) is 16.6 Å². The lowest BCUT2D eigenvalue weighted by Crippen LogP contribution is -2.59. The van der Waals surface area contributed by atoms with Crippen molar-refractivity contribution in [1.29, 1.82) is 0 Å². The first kappa shape index (κ1) is 19.3. The highest BCUT2D eigenvalue weighted by Gasteiger charge is 2.53. The molecule has 1 saturated carbocycles. The second-order valence-corrected chi connectivity index (χ2v) is 9.27. The highest BCUT2D eigenvalue weighted by Crippen LogP contribution is 2.43. The lowest BCUT2D eigenvalue weighted by Gasteiger charge is -2.44. The molecule has 1 amide bonds. The number of nitrogens with one attached hydrogen (secondary N) is 1. The van der Waals surface area contributed by atoms with Gasteiger partial charge in [-0.15, -0.1) is 11.3 Å². The van der Waals surface area contributed by atoms with Crippen molar-refractivity contribution in [2.24, 2.45) is 29.4 Å². The zero-order chi connectivity index (χ0) is 19.0. The van der Waals surface area contributed by atoms with Crippen LogP contribution in [0, 0.1) is 23.7 Å². The summed E-state index contributed by atoms with van der Waals surface area (Å²) in [6.07, 6.45) is 3.00. The zero-order valence-corrected chi connectivity index (χ0v) is 16.6. The zero-order valence-electron chi connectivity index (χ0n) is 15.8. The lowest BCUT2D eigenvalue weighted by atomic mass is 9.64. The van der Waals surface area contributed by atoms with Gasteiger partial charge in [-0.25, -0.2) is 4.98 Å². The molecule has 0 bridgehead atoms. The quantitative estimate of drug-likeness (QED) is 0.685. The largest absolute Gasteiger partial charge is 0.391 e. The summed E-state index contributed by atoms with van der Waals surface area (Å²) in [5.74, 6) is 0.0810. The first-order chi connectivity index (χ1) is 13.0. The highest BCUT2D eigenvalue weighted by atomic mass is 32.1. The van der Waals surface area contributed by atoms with Crippen LogP contribution in [0.1, 0.15) is 24.8 Å². The van der Waals surface area contributed by atoms with E-state index in [-0.39, 0.29) is 41.7 Å². The Morgan fingerprint density at radius 1 is 1.41 bits per heavy atom. The number of amides is 1. The number of aliphatic hydroxyl groups excluding tert-OH is 1. The summed E-state index contributed by atoms with van der Waals surface area (Å²) < 4.78 is 5.40. The molecule has 1 aromatic heterocycles. The number of likely N-dealkylation sites (tertiary alicyclic amines) is 1.